The number of non-ortho nitro benzene ring substituents is 1. The third-order valence-electron chi connectivity index (χ3n) is 3.01. The van der Waals surface area contributed by atoms with Crippen LogP contribution in [0.25, 0.3) is 16.3 Å². The van der Waals surface area contributed by atoms with E-state index < -0.39 is 4.92 Å². The molecule has 6 nitrogen and oxygen atoms in total. The summed E-state index contributed by atoms with van der Waals surface area (Å²) in [5, 5.41) is 15.4. The number of allylic oxidation sites excluding steroid dienone is 1. The summed E-state index contributed by atoms with van der Waals surface area (Å²) in [4.78, 5) is 14.5. The molecule has 3 aromatic rings. The molecule has 0 aliphatic carbocycles. The van der Waals surface area contributed by atoms with Gasteiger partial charge in [-0.2, -0.15) is 5.10 Å². The number of hydrazone groups is 1. The molecular formula is C16H12N4O2S. The van der Waals surface area contributed by atoms with E-state index in [9.17, 15) is 10.1 Å². The third-order valence-corrected chi connectivity index (χ3v) is 3.95. The fourth-order valence-electron chi connectivity index (χ4n) is 1.92. The van der Waals surface area contributed by atoms with Gasteiger partial charge >= 0.3 is 0 Å². The summed E-state index contributed by atoms with van der Waals surface area (Å²) in [5.41, 5.74) is 4.76. The predicted octanol–water partition coefficient (Wildman–Crippen LogP) is 4.32. The Bertz CT molecular complexity index is 851. The van der Waals surface area contributed by atoms with Crippen LogP contribution < -0.4 is 5.43 Å². The molecule has 0 bridgehead atoms. The van der Waals surface area contributed by atoms with Gasteiger partial charge in [0.2, 0.25) is 5.13 Å². The van der Waals surface area contributed by atoms with Gasteiger partial charge in [-0.05, 0) is 35.9 Å². The van der Waals surface area contributed by atoms with Crippen molar-refractivity contribution in [3.8, 4) is 0 Å². The number of nitrogens with zero attached hydrogens (tertiary/aromatic N) is 3. The van der Waals surface area contributed by atoms with E-state index in [1.165, 1.54) is 23.5 Å². The molecule has 1 N–H and O–H groups in total. The quantitative estimate of drug-likeness (QED) is 0.430. The van der Waals surface area contributed by atoms with Crippen molar-refractivity contribution in [3.05, 3.63) is 70.3 Å². The molecule has 0 radical (unpaired) electrons. The number of benzene rings is 2. The molecule has 0 amide bonds. The van der Waals surface area contributed by atoms with Crippen molar-refractivity contribution in [2.75, 3.05) is 5.43 Å². The maximum Gasteiger partial charge on any atom is 0.269 e. The van der Waals surface area contributed by atoms with Gasteiger partial charge in [0.05, 0.1) is 15.1 Å². The second-order valence-electron chi connectivity index (χ2n) is 4.58. The summed E-state index contributed by atoms with van der Waals surface area (Å²) in [6.45, 7) is 0. The minimum atomic E-state index is -0.420. The molecule has 114 valence electrons. The van der Waals surface area contributed by atoms with Crippen molar-refractivity contribution in [2.45, 2.75) is 0 Å². The normalized spacial score (nSPS) is 11.5. The van der Waals surface area contributed by atoms with E-state index in [2.05, 4.69) is 15.5 Å². The van der Waals surface area contributed by atoms with Crippen molar-refractivity contribution < 1.29 is 4.92 Å². The van der Waals surface area contributed by atoms with E-state index in [-0.39, 0.29) is 5.69 Å². The van der Waals surface area contributed by atoms with Crippen molar-refractivity contribution in [1.29, 1.82) is 0 Å². The van der Waals surface area contributed by atoms with Crippen LogP contribution in [0.1, 0.15) is 5.56 Å². The fourth-order valence-corrected chi connectivity index (χ4v) is 2.73. The number of aromatic nitrogens is 1. The summed E-state index contributed by atoms with van der Waals surface area (Å²) in [5.74, 6) is 0. The lowest BCUT2D eigenvalue weighted by atomic mass is 10.2. The number of para-hydroxylation sites is 1. The van der Waals surface area contributed by atoms with Gasteiger partial charge in [0.25, 0.3) is 5.69 Å². The van der Waals surface area contributed by atoms with Gasteiger partial charge in [-0.25, -0.2) is 4.98 Å². The molecule has 2 aromatic carbocycles. The van der Waals surface area contributed by atoms with E-state index >= 15 is 0 Å². The molecular weight excluding hydrogens is 312 g/mol. The lowest BCUT2D eigenvalue weighted by Crippen LogP contribution is -1.87. The summed E-state index contributed by atoms with van der Waals surface area (Å²) in [7, 11) is 0. The molecule has 7 heteroatoms. The van der Waals surface area contributed by atoms with Crippen molar-refractivity contribution >= 4 is 44.7 Å². The first-order valence-corrected chi connectivity index (χ1v) is 7.60. The monoisotopic (exact) mass is 324 g/mol. The van der Waals surface area contributed by atoms with Crippen LogP contribution in [0.15, 0.2) is 59.7 Å². The number of rotatable bonds is 5. The van der Waals surface area contributed by atoms with Crippen LogP contribution in [0.2, 0.25) is 0 Å². The Morgan fingerprint density at radius 2 is 1.96 bits per heavy atom. The maximum absolute atomic E-state index is 10.6. The van der Waals surface area contributed by atoms with Crippen molar-refractivity contribution in [3.63, 3.8) is 0 Å². The molecule has 1 aromatic heterocycles. The highest BCUT2D eigenvalue weighted by Gasteiger charge is 2.02. The standard InChI is InChI=1S/C16H12N4O2S/c21-20(22)13-9-7-12(8-10-13)4-3-11-17-19-16-18-14-5-1-2-6-15(14)23-16/h1-11H,(H,18,19)/b4-3+,17-11-. The fraction of sp³-hybridized carbons (Fsp3) is 0. The van der Waals surface area contributed by atoms with Crippen LogP contribution in [0.3, 0.4) is 0 Å². The van der Waals surface area contributed by atoms with Gasteiger partial charge in [0.1, 0.15) is 0 Å². The number of anilines is 1. The average Bonchev–Trinajstić information content (AvgIpc) is 2.97. The molecule has 0 saturated carbocycles. The van der Waals surface area contributed by atoms with Crippen molar-refractivity contribution in [1.82, 2.24) is 4.98 Å². The molecule has 1 heterocycles. The van der Waals surface area contributed by atoms with Gasteiger partial charge in [-0.15, -0.1) is 0 Å². The third kappa shape index (κ3) is 3.78. The van der Waals surface area contributed by atoms with Crippen LogP contribution >= 0.6 is 11.3 Å². The molecule has 3 rings (SSSR count). The lowest BCUT2D eigenvalue weighted by Gasteiger charge is -1.93. The Morgan fingerprint density at radius 1 is 1.17 bits per heavy atom. The largest absolute Gasteiger partial charge is 0.269 e. The minimum Gasteiger partial charge on any atom is -0.258 e. The van der Waals surface area contributed by atoms with Gasteiger partial charge in [0.15, 0.2) is 0 Å². The molecule has 23 heavy (non-hydrogen) atoms. The van der Waals surface area contributed by atoms with Gasteiger partial charge < -0.3 is 0 Å². The molecule has 0 fully saturated rings. The van der Waals surface area contributed by atoms with Crippen LogP contribution in [0.5, 0.6) is 0 Å². The van der Waals surface area contributed by atoms with Crippen molar-refractivity contribution in [2.24, 2.45) is 5.10 Å². The number of fused-ring (bicyclic) bond motifs is 1. The topological polar surface area (TPSA) is 80.4 Å². The van der Waals surface area contributed by atoms with E-state index in [1.807, 2.05) is 30.3 Å². The number of hydrogen-bond donors (Lipinski definition) is 1. The Balaban J connectivity index is 1.58. The van der Waals surface area contributed by atoms with Crippen LogP contribution in [0, 0.1) is 10.1 Å². The Kier molecular flexibility index (Phi) is 4.39. The maximum atomic E-state index is 10.6. The van der Waals surface area contributed by atoms with E-state index in [0.717, 1.165) is 20.9 Å². The molecule has 0 aliphatic heterocycles. The smallest absolute Gasteiger partial charge is 0.258 e. The second-order valence-corrected chi connectivity index (χ2v) is 5.62. The number of thiazole rings is 1. The van der Waals surface area contributed by atoms with E-state index in [4.69, 9.17) is 0 Å². The highest BCUT2D eigenvalue weighted by molar-refractivity contribution is 7.22. The Labute approximate surface area is 136 Å². The van der Waals surface area contributed by atoms with Gasteiger partial charge in [-0.3, -0.25) is 15.5 Å². The molecule has 0 spiro atoms. The average molecular weight is 324 g/mol. The van der Waals surface area contributed by atoms with Gasteiger partial charge in [0, 0.05) is 18.3 Å². The van der Waals surface area contributed by atoms with Crippen LogP contribution in [0.4, 0.5) is 10.8 Å². The number of hydrogen-bond acceptors (Lipinski definition) is 6. The summed E-state index contributed by atoms with van der Waals surface area (Å²) < 4.78 is 1.10. The lowest BCUT2D eigenvalue weighted by molar-refractivity contribution is -0.384. The molecule has 0 atom stereocenters. The highest BCUT2D eigenvalue weighted by atomic mass is 32.1. The van der Waals surface area contributed by atoms with Crippen LogP contribution in [-0.2, 0) is 0 Å². The van der Waals surface area contributed by atoms with Gasteiger partial charge in [-0.1, -0.05) is 29.5 Å². The minimum absolute atomic E-state index is 0.0771. The Hall–Kier alpha value is -3.06. The number of nitro groups is 1. The first kappa shape index (κ1) is 14.9. The summed E-state index contributed by atoms with van der Waals surface area (Å²) in [6, 6.07) is 14.2. The second kappa shape index (κ2) is 6.80. The first-order valence-electron chi connectivity index (χ1n) is 6.78. The van der Waals surface area contributed by atoms with Crippen LogP contribution in [-0.4, -0.2) is 16.1 Å². The number of nitro benzene ring substituents is 1. The zero-order valence-electron chi connectivity index (χ0n) is 11.9. The summed E-state index contributed by atoms with van der Waals surface area (Å²) in [6.07, 6.45) is 5.17. The zero-order chi connectivity index (χ0) is 16.1. The molecule has 0 saturated heterocycles. The number of nitrogens with one attached hydrogen (secondary N) is 1. The SMILES string of the molecule is O=[N+]([O-])c1ccc(/C=C/C=N\Nc2nc3ccccc3s2)cc1. The molecule has 0 unspecified atom stereocenters. The predicted molar refractivity (Wildman–Crippen MR) is 93.9 cm³/mol. The van der Waals surface area contributed by atoms with E-state index in [1.54, 1.807) is 24.4 Å². The molecule has 0 aliphatic rings. The van der Waals surface area contributed by atoms with E-state index in [0.29, 0.717) is 0 Å². The first-order chi connectivity index (χ1) is 11.2. The summed E-state index contributed by atoms with van der Waals surface area (Å²) >= 11 is 1.53. The highest BCUT2D eigenvalue weighted by Crippen LogP contribution is 2.25. The zero-order valence-corrected chi connectivity index (χ0v) is 12.7. The Morgan fingerprint density at radius 3 is 2.70 bits per heavy atom.